The summed E-state index contributed by atoms with van der Waals surface area (Å²) in [5, 5.41) is 3.10. The number of hydrogen-bond donors (Lipinski definition) is 1. The molecule has 0 saturated heterocycles. The zero-order valence-electron chi connectivity index (χ0n) is 9.53. The lowest BCUT2D eigenvalue weighted by atomic mass is 10.0. The van der Waals surface area contributed by atoms with E-state index in [1.54, 1.807) is 7.11 Å². The lowest BCUT2D eigenvalue weighted by Crippen LogP contribution is -1.92. The second kappa shape index (κ2) is 4.71. The molecule has 0 amide bonds. The average Bonchev–Trinajstić information content (AvgIpc) is 2.39. The molecule has 0 saturated carbocycles. The lowest BCUT2D eigenvalue weighted by molar-refractivity contribution is 0.416. The fraction of sp³-hybridized carbons (Fsp3) is 0.143. The van der Waals surface area contributed by atoms with Gasteiger partial charge < -0.3 is 10.1 Å². The SMILES string of the molecule is CNc1ccc(-c2ccccc2)c(OC)c1. The molecule has 0 aromatic heterocycles. The Hall–Kier alpha value is -1.96. The van der Waals surface area contributed by atoms with Gasteiger partial charge in [0.25, 0.3) is 0 Å². The average molecular weight is 213 g/mol. The summed E-state index contributed by atoms with van der Waals surface area (Å²) in [6.45, 7) is 0. The third kappa shape index (κ3) is 2.01. The van der Waals surface area contributed by atoms with E-state index in [1.807, 2.05) is 37.4 Å². The largest absolute Gasteiger partial charge is 0.496 e. The minimum Gasteiger partial charge on any atom is -0.496 e. The van der Waals surface area contributed by atoms with Crippen molar-refractivity contribution in [3.63, 3.8) is 0 Å². The van der Waals surface area contributed by atoms with Crippen LogP contribution in [0.3, 0.4) is 0 Å². The normalized spacial score (nSPS) is 9.88. The number of methoxy groups -OCH3 is 1. The van der Waals surface area contributed by atoms with Gasteiger partial charge in [0.1, 0.15) is 5.75 Å². The zero-order valence-corrected chi connectivity index (χ0v) is 9.53. The third-order valence-corrected chi connectivity index (χ3v) is 2.57. The first kappa shape index (κ1) is 10.6. The molecule has 2 aromatic carbocycles. The van der Waals surface area contributed by atoms with Gasteiger partial charge in [0.2, 0.25) is 0 Å². The third-order valence-electron chi connectivity index (χ3n) is 2.57. The van der Waals surface area contributed by atoms with E-state index in [0.717, 1.165) is 17.0 Å². The Balaban J connectivity index is 2.49. The first-order chi connectivity index (χ1) is 7.85. The van der Waals surface area contributed by atoms with Crippen LogP contribution in [0.25, 0.3) is 11.1 Å². The highest BCUT2D eigenvalue weighted by molar-refractivity contribution is 5.73. The van der Waals surface area contributed by atoms with Crippen molar-refractivity contribution in [1.29, 1.82) is 0 Å². The first-order valence-corrected chi connectivity index (χ1v) is 5.26. The fourth-order valence-electron chi connectivity index (χ4n) is 1.70. The Morgan fingerprint density at radius 3 is 2.38 bits per heavy atom. The zero-order chi connectivity index (χ0) is 11.4. The van der Waals surface area contributed by atoms with E-state index in [0.29, 0.717) is 0 Å². The molecule has 0 bridgehead atoms. The van der Waals surface area contributed by atoms with Crippen molar-refractivity contribution in [2.24, 2.45) is 0 Å². The molecule has 0 aliphatic carbocycles. The van der Waals surface area contributed by atoms with Crippen LogP contribution in [0.1, 0.15) is 0 Å². The van der Waals surface area contributed by atoms with Crippen molar-refractivity contribution in [3.05, 3.63) is 48.5 Å². The molecule has 0 spiro atoms. The van der Waals surface area contributed by atoms with Crippen molar-refractivity contribution < 1.29 is 4.74 Å². The fourth-order valence-corrected chi connectivity index (χ4v) is 1.70. The Bertz CT molecular complexity index is 465. The highest BCUT2D eigenvalue weighted by Crippen LogP contribution is 2.31. The molecule has 16 heavy (non-hydrogen) atoms. The molecule has 0 atom stereocenters. The molecule has 2 aromatic rings. The van der Waals surface area contributed by atoms with E-state index >= 15 is 0 Å². The van der Waals surface area contributed by atoms with Crippen LogP contribution < -0.4 is 10.1 Å². The van der Waals surface area contributed by atoms with Crippen molar-refractivity contribution >= 4 is 5.69 Å². The Morgan fingerprint density at radius 2 is 1.75 bits per heavy atom. The monoisotopic (exact) mass is 213 g/mol. The first-order valence-electron chi connectivity index (χ1n) is 5.26. The number of anilines is 1. The number of benzene rings is 2. The molecule has 0 fully saturated rings. The number of nitrogens with one attached hydrogen (secondary N) is 1. The van der Waals surface area contributed by atoms with Crippen LogP contribution in [0.4, 0.5) is 5.69 Å². The molecule has 0 heterocycles. The van der Waals surface area contributed by atoms with Crippen molar-refractivity contribution in [2.75, 3.05) is 19.5 Å². The highest BCUT2D eigenvalue weighted by atomic mass is 16.5. The van der Waals surface area contributed by atoms with Gasteiger partial charge >= 0.3 is 0 Å². The molecular weight excluding hydrogens is 198 g/mol. The quantitative estimate of drug-likeness (QED) is 0.843. The lowest BCUT2D eigenvalue weighted by Gasteiger charge is -2.10. The topological polar surface area (TPSA) is 21.3 Å². The molecule has 0 aliphatic rings. The number of ether oxygens (including phenoxy) is 1. The van der Waals surface area contributed by atoms with E-state index in [9.17, 15) is 0 Å². The van der Waals surface area contributed by atoms with Gasteiger partial charge in [-0.1, -0.05) is 30.3 Å². The molecule has 2 rings (SSSR count). The van der Waals surface area contributed by atoms with Crippen LogP contribution in [-0.4, -0.2) is 14.2 Å². The maximum atomic E-state index is 5.40. The molecular formula is C14H15NO. The van der Waals surface area contributed by atoms with Crippen molar-refractivity contribution in [1.82, 2.24) is 0 Å². The summed E-state index contributed by atoms with van der Waals surface area (Å²) in [5.74, 6) is 0.887. The molecule has 2 nitrogen and oxygen atoms in total. The molecule has 0 aliphatic heterocycles. The van der Waals surface area contributed by atoms with E-state index in [1.165, 1.54) is 5.56 Å². The van der Waals surface area contributed by atoms with E-state index < -0.39 is 0 Å². The Morgan fingerprint density at radius 1 is 1.00 bits per heavy atom. The molecule has 2 heteroatoms. The maximum Gasteiger partial charge on any atom is 0.128 e. The standard InChI is InChI=1S/C14H15NO/c1-15-12-8-9-13(14(10-12)16-2)11-6-4-3-5-7-11/h3-10,15H,1-2H3. The van der Waals surface area contributed by atoms with Gasteiger partial charge in [0.05, 0.1) is 7.11 Å². The van der Waals surface area contributed by atoms with Crippen LogP contribution >= 0.6 is 0 Å². The Kier molecular flexibility index (Phi) is 3.10. The van der Waals surface area contributed by atoms with Crippen LogP contribution in [0, 0.1) is 0 Å². The van der Waals surface area contributed by atoms with Gasteiger partial charge in [-0.05, 0) is 17.7 Å². The Labute approximate surface area is 95.9 Å². The van der Waals surface area contributed by atoms with Crippen LogP contribution in [0.2, 0.25) is 0 Å². The van der Waals surface area contributed by atoms with E-state index in [2.05, 4.69) is 23.5 Å². The van der Waals surface area contributed by atoms with Crippen molar-refractivity contribution in [3.8, 4) is 16.9 Å². The van der Waals surface area contributed by atoms with Gasteiger partial charge in [0, 0.05) is 24.4 Å². The number of hydrogen-bond acceptors (Lipinski definition) is 2. The molecule has 1 N–H and O–H groups in total. The molecule has 0 radical (unpaired) electrons. The summed E-state index contributed by atoms with van der Waals surface area (Å²) in [4.78, 5) is 0. The summed E-state index contributed by atoms with van der Waals surface area (Å²) in [6.07, 6.45) is 0. The second-order valence-corrected chi connectivity index (χ2v) is 3.53. The van der Waals surface area contributed by atoms with Crippen molar-refractivity contribution in [2.45, 2.75) is 0 Å². The predicted octanol–water partition coefficient (Wildman–Crippen LogP) is 3.40. The smallest absolute Gasteiger partial charge is 0.128 e. The maximum absolute atomic E-state index is 5.40. The van der Waals surface area contributed by atoms with Gasteiger partial charge in [-0.25, -0.2) is 0 Å². The number of rotatable bonds is 3. The van der Waals surface area contributed by atoms with Crippen LogP contribution in [0.5, 0.6) is 5.75 Å². The van der Waals surface area contributed by atoms with E-state index in [-0.39, 0.29) is 0 Å². The van der Waals surface area contributed by atoms with Gasteiger partial charge in [-0.2, -0.15) is 0 Å². The summed E-state index contributed by atoms with van der Waals surface area (Å²) in [6, 6.07) is 16.3. The summed E-state index contributed by atoms with van der Waals surface area (Å²) in [5.41, 5.74) is 3.33. The predicted molar refractivity (Wildman–Crippen MR) is 68.0 cm³/mol. The highest BCUT2D eigenvalue weighted by Gasteiger charge is 2.05. The second-order valence-electron chi connectivity index (χ2n) is 3.53. The van der Waals surface area contributed by atoms with Crippen LogP contribution in [0.15, 0.2) is 48.5 Å². The van der Waals surface area contributed by atoms with Gasteiger partial charge in [0.15, 0.2) is 0 Å². The van der Waals surface area contributed by atoms with Gasteiger partial charge in [-0.15, -0.1) is 0 Å². The summed E-state index contributed by atoms with van der Waals surface area (Å²) in [7, 11) is 3.60. The summed E-state index contributed by atoms with van der Waals surface area (Å²) >= 11 is 0. The van der Waals surface area contributed by atoms with Crippen LogP contribution in [-0.2, 0) is 0 Å². The minimum atomic E-state index is 0.887. The summed E-state index contributed by atoms with van der Waals surface area (Å²) < 4.78 is 5.40. The molecule has 82 valence electrons. The molecule has 0 unspecified atom stereocenters. The van der Waals surface area contributed by atoms with Gasteiger partial charge in [-0.3, -0.25) is 0 Å². The minimum absolute atomic E-state index is 0.887. The van der Waals surface area contributed by atoms with E-state index in [4.69, 9.17) is 4.74 Å².